The molecule has 158 valence electrons. The minimum absolute atomic E-state index is 0.120. The van der Waals surface area contributed by atoms with Gasteiger partial charge in [-0.1, -0.05) is 23.4 Å². The molecule has 0 amide bonds. The van der Waals surface area contributed by atoms with E-state index in [9.17, 15) is 23.1 Å². The Hall–Kier alpha value is -3.10. The maximum absolute atomic E-state index is 13.4. The Morgan fingerprint density at radius 1 is 1.00 bits per heavy atom. The third-order valence-electron chi connectivity index (χ3n) is 4.63. The van der Waals surface area contributed by atoms with E-state index in [0.717, 1.165) is 23.9 Å². The summed E-state index contributed by atoms with van der Waals surface area (Å²) < 4.78 is 40.2. The fourth-order valence-corrected chi connectivity index (χ4v) is 4.32. The first-order valence-electron chi connectivity index (χ1n) is 8.93. The van der Waals surface area contributed by atoms with E-state index < -0.39 is 17.3 Å². The molecule has 9 heteroatoms. The van der Waals surface area contributed by atoms with Crippen LogP contribution in [-0.2, 0) is 6.18 Å². The van der Waals surface area contributed by atoms with Crippen LogP contribution in [0.15, 0.2) is 75.2 Å². The van der Waals surface area contributed by atoms with E-state index in [1.165, 1.54) is 24.3 Å². The number of fused-ring (bicyclic) bond motifs is 1. The van der Waals surface area contributed by atoms with Gasteiger partial charge in [0.1, 0.15) is 5.75 Å². The molecule has 0 aliphatic heterocycles. The predicted molar refractivity (Wildman–Crippen MR) is 117 cm³/mol. The molecule has 0 unspecified atom stereocenters. The average molecular weight is 463 g/mol. The van der Waals surface area contributed by atoms with Crippen LogP contribution < -0.4 is 11.3 Å². The van der Waals surface area contributed by atoms with E-state index >= 15 is 0 Å². The second-order valence-electron chi connectivity index (χ2n) is 6.75. The quantitative estimate of drug-likeness (QED) is 0.312. The van der Waals surface area contributed by atoms with Crippen LogP contribution in [0.4, 0.5) is 18.9 Å². The number of alkyl halides is 3. The van der Waals surface area contributed by atoms with Gasteiger partial charge in [-0.05, 0) is 60.7 Å². The van der Waals surface area contributed by atoms with Crippen LogP contribution in [0.3, 0.4) is 0 Å². The first-order chi connectivity index (χ1) is 14.6. The number of hydrogen-bond donors (Lipinski definition) is 3. The van der Waals surface area contributed by atoms with Crippen molar-refractivity contribution in [1.82, 2.24) is 4.98 Å². The maximum atomic E-state index is 13.4. The Bertz CT molecular complexity index is 1350. The second kappa shape index (κ2) is 7.86. The first-order valence-corrected chi connectivity index (χ1v) is 10.1. The first kappa shape index (κ1) is 21.1. The number of rotatable bonds is 3. The summed E-state index contributed by atoms with van der Waals surface area (Å²) in [7, 11) is 0. The summed E-state index contributed by atoms with van der Waals surface area (Å²) in [5.41, 5.74) is 5.36. The van der Waals surface area contributed by atoms with Crippen LogP contribution in [0.1, 0.15) is 5.56 Å². The topological polar surface area (TPSA) is 79.1 Å². The number of aromatic nitrogens is 1. The molecule has 0 spiro atoms. The second-order valence-corrected chi connectivity index (χ2v) is 8.27. The fraction of sp³-hybridized carbons (Fsp3) is 0.0455. The average Bonchev–Trinajstić information content (AvgIpc) is 2.71. The number of phenols is 1. The Balaban J connectivity index is 2.07. The summed E-state index contributed by atoms with van der Waals surface area (Å²) in [6.07, 6.45) is -4.58. The molecular formula is C22H14ClF3N2O2S. The number of hydrogen-bond acceptors (Lipinski definition) is 4. The van der Waals surface area contributed by atoms with Gasteiger partial charge in [-0.25, -0.2) is 0 Å². The fourth-order valence-electron chi connectivity index (χ4n) is 3.18. The number of benzene rings is 3. The highest BCUT2D eigenvalue weighted by Gasteiger charge is 2.31. The molecule has 1 aromatic heterocycles. The molecular weight excluding hydrogens is 449 g/mol. The monoisotopic (exact) mass is 462 g/mol. The zero-order chi connectivity index (χ0) is 22.3. The molecule has 0 fully saturated rings. The molecule has 4 rings (SSSR count). The zero-order valence-corrected chi connectivity index (χ0v) is 17.2. The van der Waals surface area contributed by atoms with Crippen molar-refractivity contribution in [3.05, 3.63) is 81.6 Å². The number of pyridine rings is 1. The molecule has 0 aliphatic rings. The van der Waals surface area contributed by atoms with Crippen LogP contribution in [0.25, 0.3) is 22.0 Å². The molecule has 0 saturated heterocycles. The van der Waals surface area contributed by atoms with E-state index in [0.29, 0.717) is 10.6 Å². The Morgan fingerprint density at radius 2 is 1.71 bits per heavy atom. The molecule has 0 saturated carbocycles. The summed E-state index contributed by atoms with van der Waals surface area (Å²) >= 11 is 7.15. The summed E-state index contributed by atoms with van der Waals surface area (Å²) in [6.45, 7) is 0. The number of anilines is 1. The van der Waals surface area contributed by atoms with Gasteiger partial charge in [0.2, 0.25) is 0 Å². The highest BCUT2D eigenvalue weighted by molar-refractivity contribution is 7.99. The molecule has 0 radical (unpaired) electrons. The standard InChI is InChI=1S/C22H14ClF3N2O2S/c23-12-2-8-18(29)16(10-12)19-15-9-11(22(24,25)26)1-7-17(15)28-21(30)20(19)31-14-5-3-13(27)4-6-14/h1-10,29H,27H2,(H,28,30). The summed E-state index contributed by atoms with van der Waals surface area (Å²) in [5.74, 6) is -0.215. The van der Waals surface area contributed by atoms with E-state index in [4.69, 9.17) is 17.3 Å². The predicted octanol–water partition coefficient (Wildman–Crippen LogP) is 6.31. The van der Waals surface area contributed by atoms with Gasteiger partial charge in [-0.2, -0.15) is 13.2 Å². The molecule has 4 aromatic rings. The lowest BCUT2D eigenvalue weighted by Gasteiger charge is -2.16. The van der Waals surface area contributed by atoms with Crippen molar-refractivity contribution in [3.8, 4) is 16.9 Å². The van der Waals surface area contributed by atoms with Gasteiger partial charge in [0, 0.05) is 37.6 Å². The largest absolute Gasteiger partial charge is 0.507 e. The van der Waals surface area contributed by atoms with Crippen LogP contribution >= 0.6 is 23.4 Å². The highest BCUT2D eigenvalue weighted by atomic mass is 35.5. The smallest absolute Gasteiger partial charge is 0.416 e. The van der Waals surface area contributed by atoms with Crippen molar-refractivity contribution < 1.29 is 18.3 Å². The number of aromatic amines is 1. The lowest BCUT2D eigenvalue weighted by Crippen LogP contribution is -2.12. The molecule has 3 aromatic carbocycles. The molecule has 0 aliphatic carbocycles. The normalized spacial score (nSPS) is 11.7. The van der Waals surface area contributed by atoms with Crippen LogP contribution in [0.5, 0.6) is 5.75 Å². The van der Waals surface area contributed by atoms with Crippen molar-refractivity contribution in [1.29, 1.82) is 0 Å². The van der Waals surface area contributed by atoms with Crippen molar-refractivity contribution in [2.45, 2.75) is 16.0 Å². The SMILES string of the molecule is Nc1ccc(Sc2c(-c3cc(Cl)ccc3O)c3cc(C(F)(F)F)ccc3[nH]c2=O)cc1. The van der Waals surface area contributed by atoms with E-state index in [1.54, 1.807) is 24.3 Å². The molecule has 1 heterocycles. The van der Waals surface area contributed by atoms with Gasteiger partial charge in [0.15, 0.2) is 0 Å². The number of H-pyrrole nitrogens is 1. The van der Waals surface area contributed by atoms with E-state index in [1.807, 2.05) is 0 Å². The minimum atomic E-state index is -4.58. The summed E-state index contributed by atoms with van der Waals surface area (Å²) in [5, 5.41) is 10.9. The minimum Gasteiger partial charge on any atom is -0.507 e. The van der Waals surface area contributed by atoms with Crippen molar-refractivity contribution >= 4 is 40.0 Å². The number of nitrogens with one attached hydrogen (secondary N) is 1. The van der Waals surface area contributed by atoms with E-state index in [-0.39, 0.29) is 37.7 Å². The van der Waals surface area contributed by atoms with Gasteiger partial charge < -0.3 is 15.8 Å². The number of nitrogens with two attached hydrogens (primary N) is 1. The lowest BCUT2D eigenvalue weighted by molar-refractivity contribution is -0.137. The number of halogens is 4. The molecule has 31 heavy (non-hydrogen) atoms. The Kier molecular flexibility index (Phi) is 5.36. The third kappa shape index (κ3) is 4.22. The van der Waals surface area contributed by atoms with Crippen LogP contribution in [-0.4, -0.2) is 10.1 Å². The van der Waals surface area contributed by atoms with E-state index in [2.05, 4.69) is 4.98 Å². The van der Waals surface area contributed by atoms with Crippen molar-refractivity contribution in [3.63, 3.8) is 0 Å². The van der Waals surface area contributed by atoms with Crippen LogP contribution in [0, 0.1) is 0 Å². The lowest BCUT2D eigenvalue weighted by atomic mass is 9.98. The van der Waals surface area contributed by atoms with Crippen molar-refractivity contribution in [2.24, 2.45) is 0 Å². The van der Waals surface area contributed by atoms with Gasteiger partial charge >= 0.3 is 6.18 Å². The number of aromatic hydroxyl groups is 1. The van der Waals surface area contributed by atoms with Gasteiger partial charge in [-0.3, -0.25) is 4.79 Å². The molecule has 4 nitrogen and oxygen atoms in total. The van der Waals surface area contributed by atoms with Gasteiger partial charge in [0.05, 0.1) is 10.5 Å². The number of phenolic OH excluding ortho intramolecular Hbond substituents is 1. The Labute approximate surface area is 183 Å². The van der Waals surface area contributed by atoms with Gasteiger partial charge in [0.25, 0.3) is 5.56 Å². The summed E-state index contributed by atoms with van der Waals surface area (Å²) in [6, 6.07) is 13.9. The summed E-state index contributed by atoms with van der Waals surface area (Å²) in [4.78, 5) is 16.3. The van der Waals surface area contributed by atoms with Gasteiger partial charge in [-0.15, -0.1) is 0 Å². The number of nitrogen functional groups attached to an aromatic ring is 1. The molecule has 0 bridgehead atoms. The molecule has 4 N–H and O–H groups in total. The highest BCUT2D eigenvalue weighted by Crippen LogP contribution is 2.43. The van der Waals surface area contributed by atoms with Crippen molar-refractivity contribution in [2.75, 3.05) is 5.73 Å². The maximum Gasteiger partial charge on any atom is 0.416 e. The molecule has 0 atom stereocenters. The third-order valence-corrected chi connectivity index (χ3v) is 5.96. The zero-order valence-electron chi connectivity index (χ0n) is 15.6. The Morgan fingerprint density at radius 3 is 2.39 bits per heavy atom. The van der Waals surface area contributed by atoms with Crippen LogP contribution in [0.2, 0.25) is 5.02 Å².